The van der Waals surface area contributed by atoms with Crippen molar-refractivity contribution in [3.8, 4) is 0 Å². The normalized spacial score (nSPS) is 14.3. The zero-order valence-electron chi connectivity index (χ0n) is 10.3. The molecule has 0 aliphatic carbocycles. The van der Waals surface area contributed by atoms with E-state index >= 15 is 0 Å². The number of rotatable bonds is 6. The molecule has 0 fully saturated rings. The van der Waals surface area contributed by atoms with Crippen molar-refractivity contribution in [1.29, 1.82) is 0 Å². The Hall–Kier alpha value is -0.650. The molecule has 0 amide bonds. The first-order valence-corrected chi connectivity index (χ1v) is 8.70. The van der Waals surface area contributed by atoms with Gasteiger partial charge in [0.05, 0.1) is 0 Å². The molecular formula is C11H15F3NO2PS. The van der Waals surface area contributed by atoms with Gasteiger partial charge in [-0.1, -0.05) is 43.7 Å². The Kier molecular flexibility index (Phi) is 5.77. The second-order valence-electron chi connectivity index (χ2n) is 3.88. The SMILES string of the molecule is CCCCP(NS(=O)(=O)C(F)(F)F)c1ccccc1. The van der Waals surface area contributed by atoms with E-state index in [1.165, 1.54) is 0 Å². The van der Waals surface area contributed by atoms with Crippen molar-refractivity contribution in [1.82, 2.24) is 4.49 Å². The van der Waals surface area contributed by atoms with E-state index in [-0.39, 0.29) is 0 Å². The third-order valence-electron chi connectivity index (χ3n) is 2.34. The van der Waals surface area contributed by atoms with Crippen LogP contribution in [0.1, 0.15) is 19.8 Å². The van der Waals surface area contributed by atoms with Crippen LogP contribution in [-0.4, -0.2) is 20.1 Å². The average Bonchev–Trinajstić information content (AvgIpc) is 2.34. The van der Waals surface area contributed by atoms with Gasteiger partial charge in [0, 0.05) is 8.07 Å². The number of halogens is 3. The van der Waals surface area contributed by atoms with Crippen LogP contribution in [-0.2, 0) is 10.0 Å². The molecule has 0 aliphatic rings. The first-order valence-electron chi connectivity index (χ1n) is 5.69. The van der Waals surface area contributed by atoms with Crippen LogP contribution in [0.4, 0.5) is 13.2 Å². The molecule has 1 N–H and O–H groups in total. The minimum atomic E-state index is -5.30. The van der Waals surface area contributed by atoms with Crippen molar-refractivity contribution in [3.05, 3.63) is 30.3 Å². The zero-order chi connectivity index (χ0) is 14.5. The molecule has 108 valence electrons. The Morgan fingerprint density at radius 2 is 1.79 bits per heavy atom. The predicted octanol–water partition coefficient (Wildman–Crippen LogP) is 2.95. The summed E-state index contributed by atoms with van der Waals surface area (Å²) >= 11 is 0. The quantitative estimate of drug-likeness (QED) is 0.821. The summed E-state index contributed by atoms with van der Waals surface area (Å²) in [6.07, 6.45) is 1.85. The fourth-order valence-corrected chi connectivity index (χ4v) is 5.13. The summed E-state index contributed by atoms with van der Waals surface area (Å²) in [7, 11) is -6.87. The topological polar surface area (TPSA) is 46.2 Å². The summed E-state index contributed by atoms with van der Waals surface area (Å²) in [5, 5.41) is 0.596. The van der Waals surface area contributed by atoms with Crippen LogP contribution in [0, 0.1) is 0 Å². The molecule has 1 unspecified atom stereocenters. The lowest BCUT2D eigenvalue weighted by Gasteiger charge is -2.20. The van der Waals surface area contributed by atoms with Crippen molar-refractivity contribution in [2.24, 2.45) is 0 Å². The Labute approximate surface area is 112 Å². The maximum atomic E-state index is 12.4. The van der Waals surface area contributed by atoms with E-state index in [1.54, 1.807) is 34.8 Å². The Morgan fingerprint density at radius 1 is 1.21 bits per heavy atom. The minimum Gasteiger partial charge on any atom is -0.203 e. The van der Waals surface area contributed by atoms with E-state index in [2.05, 4.69) is 0 Å². The number of alkyl halides is 3. The average molecular weight is 313 g/mol. The van der Waals surface area contributed by atoms with Gasteiger partial charge in [-0.3, -0.25) is 0 Å². The molecule has 3 nitrogen and oxygen atoms in total. The van der Waals surface area contributed by atoms with E-state index in [0.717, 1.165) is 6.42 Å². The van der Waals surface area contributed by atoms with Crippen molar-refractivity contribution >= 4 is 23.4 Å². The van der Waals surface area contributed by atoms with Gasteiger partial charge >= 0.3 is 15.5 Å². The molecular weight excluding hydrogens is 298 g/mol. The molecule has 0 radical (unpaired) electrons. The maximum absolute atomic E-state index is 12.4. The van der Waals surface area contributed by atoms with Gasteiger partial charge in [-0.05, 0) is 17.9 Å². The monoisotopic (exact) mass is 313 g/mol. The van der Waals surface area contributed by atoms with Gasteiger partial charge in [0.1, 0.15) is 0 Å². The van der Waals surface area contributed by atoms with Crippen LogP contribution < -0.4 is 9.80 Å². The lowest BCUT2D eigenvalue weighted by molar-refractivity contribution is -0.0440. The summed E-state index contributed by atoms with van der Waals surface area (Å²) in [5.41, 5.74) is -5.27. The van der Waals surface area contributed by atoms with Crippen molar-refractivity contribution in [2.45, 2.75) is 25.3 Å². The molecule has 0 bridgehead atoms. The highest BCUT2D eigenvalue weighted by molar-refractivity contribution is 7.96. The predicted molar refractivity (Wildman–Crippen MR) is 70.9 cm³/mol. The van der Waals surface area contributed by atoms with Crippen LogP contribution in [0.15, 0.2) is 30.3 Å². The van der Waals surface area contributed by atoms with E-state index in [0.29, 0.717) is 17.9 Å². The molecule has 1 atom stereocenters. The minimum absolute atomic E-state index is 0.394. The van der Waals surface area contributed by atoms with Crippen molar-refractivity contribution in [2.75, 3.05) is 6.16 Å². The van der Waals surface area contributed by atoms with Gasteiger partial charge in [0.25, 0.3) is 0 Å². The number of hydrogen-bond donors (Lipinski definition) is 1. The maximum Gasteiger partial charge on any atom is 0.511 e. The van der Waals surface area contributed by atoms with Gasteiger partial charge in [-0.15, -0.1) is 0 Å². The van der Waals surface area contributed by atoms with Gasteiger partial charge in [-0.2, -0.15) is 17.7 Å². The molecule has 0 saturated heterocycles. The third kappa shape index (κ3) is 4.75. The molecule has 1 aromatic carbocycles. The number of sulfonamides is 1. The molecule has 0 heterocycles. The van der Waals surface area contributed by atoms with E-state index in [1.807, 2.05) is 6.92 Å². The third-order valence-corrected chi connectivity index (χ3v) is 6.48. The summed E-state index contributed by atoms with van der Waals surface area (Å²) in [6, 6.07) is 8.37. The fraction of sp³-hybridized carbons (Fsp3) is 0.455. The van der Waals surface area contributed by atoms with Crippen molar-refractivity contribution in [3.63, 3.8) is 0 Å². The van der Waals surface area contributed by atoms with Gasteiger partial charge in [0.15, 0.2) is 0 Å². The van der Waals surface area contributed by atoms with Gasteiger partial charge in [-0.25, -0.2) is 8.42 Å². The molecule has 0 aromatic heterocycles. The lowest BCUT2D eigenvalue weighted by atomic mass is 10.4. The van der Waals surface area contributed by atoms with Crippen LogP contribution in [0.5, 0.6) is 0 Å². The number of benzene rings is 1. The summed E-state index contributed by atoms with van der Waals surface area (Å²) in [6.45, 7) is 1.90. The van der Waals surface area contributed by atoms with Gasteiger partial charge in [0.2, 0.25) is 0 Å². The van der Waals surface area contributed by atoms with Crippen LogP contribution in [0.3, 0.4) is 0 Å². The number of unbranched alkanes of at least 4 members (excludes halogenated alkanes) is 1. The lowest BCUT2D eigenvalue weighted by Crippen LogP contribution is -2.35. The molecule has 0 spiro atoms. The van der Waals surface area contributed by atoms with Crippen molar-refractivity contribution < 1.29 is 21.6 Å². The van der Waals surface area contributed by atoms with Crippen LogP contribution in [0.25, 0.3) is 0 Å². The molecule has 19 heavy (non-hydrogen) atoms. The Balaban J connectivity index is 2.94. The molecule has 0 saturated carbocycles. The standard InChI is InChI=1S/C11H15F3NO2PS/c1-2-3-9-18(10-7-5-4-6-8-10)15-19(16,17)11(12,13)14/h4-8,15H,2-3,9H2,1H3. The van der Waals surface area contributed by atoms with Crippen LogP contribution in [0.2, 0.25) is 0 Å². The summed E-state index contributed by atoms with van der Waals surface area (Å²) in [4.78, 5) is 0. The highest BCUT2D eigenvalue weighted by atomic mass is 32.2. The Bertz CT molecular complexity index is 490. The van der Waals surface area contributed by atoms with E-state index in [4.69, 9.17) is 0 Å². The molecule has 1 aromatic rings. The van der Waals surface area contributed by atoms with E-state index in [9.17, 15) is 21.6 Å². The smallest absolute Gasteiger partial charge is 0.203 e. The Morgan fingerprint density at radius 3 is 2.26 bits per heavy atom. The summed E-state index contributed by atoms with van der Waals surface area (Å²) in [5.74, 6) is 0. The second kappa shape index (κ2) is 6.68. The molecule has 0 aliphatic heterocycles. The highest BCUT2D eigenvalue weighted by Crippen LogP contribution is 2.35. The second-order valence-corrected chi connectivity index (χ2v) is 7.90. The first-order chi connectivity index (χ1) is 8.78. The molecule has 8 heteroatoms. The summed E-state index contributed by atoms with van der Waals surface area (Å²) < 4.78 is 61.3. The van der Waals surface area contributed by atoms with Crippen LogP contribution >= 0.6 is 8.07 Å². The first kappa shape index (κ1) is 16.4. The zero-order valence-corrected chi connectivity index (χ0v) is 12.0. The van der Waals surface area contributed by atoms with Gasteiger partial charge < -0.3 is 0 Å². The van der Waals surface area contributed by atoms with E-state index < -0.39 is 23.6 Å². The highest BCUT2D eigenvalue weighted by Gasteiger charge is 2.46. The fourth-order valence-electron chi connectivity index (χ4n) is 1.35. The largest absolute Gasteiger partial charge is 0.511 e. The molecule has 1 rings (SSSR count). The number of hydrogen-bond acceptors (Lipinski definition) is 2. The number of nitrogens with one attached hydrogen (secondary N) is 1.